The van der Waals surface area contributed by atoms with Crippen molar-refractivity contribution in [1.29, 1.82) is 0 Å². The van der Waals surface area contributed by atoms with Gasteiger partial charge in [0.05, 0.1) is 11.2 Å². The lowest BCUT2D eigenvalue weighted by Gasteiger charge is -2.14. The Morgan fingerprint density at radius 3 is 2.81 bits per heavy atom. The zero-order valence-corrected chi connectivity index (χ0v) is 11.9. The average molecular weight is 291 g/mol. The van der Waals surface area contributed by atoms with Crippen molar-refractivity contribution in [1.82, 2.24) is 9.97 Å². The summed E-state index contributed by atoms with van der Waals surface area (Å²) < 4.78 is 5.26. The molecular formula is C13H17N5O3. The maximum absolute atomic E-state index is 11.2. The summed E-state index contributed by atoms with van der Waals surface area (Å²) in [5.41, 5.74) is -0.148. The van der Waals surface area contributed by atoms with E-state index in [2.05, 4.69) is 20.6 Å². The van der Waals surface area contributed by atoms with Gasteiger partial charge in [-0.25, -0.2) is 9.97 Å². The van der Waals surface area contributed by atoms with E-state index in [1.165, 1.54) is 6.33 Å². The lowest BCUT2D eigenvalue weighted by Crippen LogP contribution is -2.18. The van der Waals surface area contributed by atoms with Gasteiger partial charge in [0.25, 0.3) is 0 Å². The molecule has 2 aromatic rings. The first-order valence-corrected chi connectivity index (χ1v) is 6.58. The minimum absolute atomic E-state index is 0.00778. The topological polar surface area (TPSA) is 106 Å². The highest BCUT2D eigenvalue weighted by molar-refractivity contribution is 5.69. The first-order valence-electron chi connectivity index (χ1n) is 6.58. The molecule has 0 spiro atoms. The molecule has 112 valence electrons. The average Bonchev–Trinajstić information content (AvgIpc) is 2.97. The second-order valence-electron chi connectivity index (χ2n) is 4.59. The van der Waals surface area contributed by atoms with Gasteiger partial charge < -0.3 is 15.1 Å². The molecule has 2 N–H and O–H groups in total. The van der Waals surface area contributed by atoms with Crippen LogP contribution in [0.2, 0.25) is 0 Å². The van der Waals surface area contributed by atoms with Crippen LogP contribution in [0.4, 0.5) is 17.3 Å². The van der Waals surface area contributed by atoms with Crippen LogP contribution in [-0.4, -0.2) is 28.0 Å². The predicted molar refractivity (Wildman–Crippen MR) is 78.3 cm³/mol. The van der Waals surface area contributed by atoms with Crippen LogP contribution >= 0.6 is 0 Å². The molecule has 2 rings (SSSR count). The van der Waals surface area contributed by atoms with Gasteiger partial charge in [-0.15, -0.1) is 0 Å². The van der Waals surface area contributed by atoms with E-state index in [0.717, 1.165) is 18.6 Å². The van der Waals surface area contributed by atoms with E-state index in [1.54, 1.807) is 13.3 Å². The number of rotatable bonds is 7. The molecule has 0 fully saturated rings. The van der Waals surface area contributed by atoms with Crippen molar-refractivity contribution in [2.75, 3.05) is 17.7 Å². The molecule has 2 aromatic heterocycles. The van der Waals surface area contributed by atoms with Crippen molar-refractivity contribution in [3.8, 4) is 0 Å². The molecule has 8 heteroatoms. The van der Waals surface area contributed by atoms with Gasteiger partial charge in [-0.05, 0) is 25.5 Å². The van der Waals surface area contributed by atoms with E-state index in [1.807, 2.05) is 19.1 Å². The molecule has 21 heavy (non-hydrogen) atoms. The summed E-state index contributed by atoms with van der Waals surface area (Å²) in [4.78, 5) is 18.5. The van der Waals surface area contributed by atoms with Crippen LogP contribution in [0, 0.1) is 10.1 Å². The van der Waals surface area contributed by atoms with Gasteiger partial charge in [0, 0.05) is 19.5 Å². The van der Waals surface area contributed by atoms with Crippen LogP contribution in [0.25, 0.3) is 0 Å². The smallest absolute Gasteiger partial charge is 0.353 e. The van der Waals surface area contributed by atoms with E-state index in [-0.39, 0.29) is 23.4 Å². The van der Waals surface area contributed by atoms with Gasteiger partial charge in [0.1, 0.15) is 12.1 Å². The van der Waals surface area contributed by atoms with E-state index in [4.69, 9.17) is 4.42 Å². The van der Waals surface area contributed by atoms with Gasteiger partial charge in [-0.3, -0.25) is 10.1 Å². The summed E-state index contributed by atoms with van der Waals surface area (Å²) in [6.45, 7) is 1.94. The Hall–Kier alpha value is -2.64. The summed E-state index contributed by atoms with van der Waals surface area (Å²) in [5, 5.41) is 16.9. The first kappa shape index (κ1) is 14.8. The summed E-state index contributed by atoms with van der Waals surface area (Å²) in [6, 6.07) is 3.74. The van der Waals surface area contributed by atoms with Crippen molar-refractivity contribution in [3.05, 3.63) is 40.6 Å². The molecule has 1 atom stereocenters. The fourth-order valence-corrected chi connectivity index (χ4v) is 1.96. The molecule has 0 aliphatic carbocycles. The van der Waals surface area contributed by atoms with Crippen molar-refractivity contribution in [2.24, 2.45) is 0 Å². The van der Waals surface area contributed by atoms with Crippen LogP contribution in [-0.2, 0) is 6.42 Å². The van der Waals surface area contributed by atoms with Crippen LogP contribution in [0.3, 0.4) is 0 Å². The van der Waals surface area contributed by atoms with E-state index < -0.39 is 4.92 Å². The van der Waals surface area contributed by atoms with E-state index >= 15 is 0 Å². The maximum Gasteiger partial charge on any atom is 0.353 e. The Bertz CT molecular complexity index is 600. The number of anilines is 2. The molecular weight excluding hydrogens is 274 g/mol. The number of aromatic nitrogens is 2. The second-order valence-corrected chi connectivity index (χ2v) is 4.59. The Morgan fingerprint density at radius 1 is 1.43 bits per heavy atom. The third-order valence-corrected chi connectivity index (χ3v) is 3.03. The lowest BCUT2D eigenvalue weighted by atomic mass is 10.1. The van der Waals surface area contributed by atoms with Gasteiger partial charge >= 0.3 is 5.69 Å². The third-order valence-electron chi connectivity index (χ3n) is 3.03. The molecule has 1 unspecified atom stereocenters. The number of hydrogen-bond donors (Lipinski definition) is 2. The zero-order valence-electron chi connectivity index (χ0n) is 11.9. The highest BCUT2D eigenvalue weighted by Gasteiger charge is 2.23. The monoisotopic (exact) mass is 291 g/mol. The number of aryl methyl sites for hydroxylation is 1. The normalized spacial score (nSPS) is 11.9. The molecule has 0 saturated heterocycles. The van der Waals surface area contributed by atoms with Crippen molar-refractivity contribution < 1.29 is 9.34 Å². The number of hydrogen-bond acceptors (Lipinski definition) is 7. The Kier molecular flexibility index (Phi) is 4.70. The summed E-state index contributed by atoms with van der Waals surface area (Å²) in [7, 11) is 1.58. The van der Waals surface area contributed by atoms with Crippen LogP contribution < -0.4 is 10.6 Å². The summed E-state index contributed by atoms with van der Waals surface area (Å²) in [5.74, 6) is 1.29. The number of nitrogens with zero attached hydrogens (tertiary/aromatic N) is 3. The van der Waals surface area contributed by atoms with Gasteiger partial charge in [-0.2, -0.15) is 0 Å². The highest BCUT2D eigenvalue weighted by Crippen LogP contribution is 2.29. The van der Waals surface area contributed by atoms with Gasteiger partial charge in [0.2, 0.25) is 11.6 Å². The molecule has 0 radical (unpaired) electrons. The summed E-state index contributed by atoms with van der Waals surface area (Å²) >= 11 is 0. The molecule has 2 heterocycles. The number of nitrogens with one attached hydrogen (secondary N) is 2. The Labute approximate surface area is 121 Å². The van der Waals surface area contributed by atoms with Crippen molar-refractivity contribution in [2.45, 2.75) is 25.8 Å². The van der Waals surface area contributed by atoms with Crippen LogP contribution in [0.15, 0.2) is 29.1 Å². The third kappa shape index (κ3) is 3.68. The highest BCUT2D eigenvalue weighted by atomic mass is 16.6. The number of nitro groups is 1. The standard InChI is InChI=1S/C13H17N5O3/c1-9(5-6-10-4-3-7-21-10)17-13-11(18(19)20)12(14-2)15-8-16-13/h3-4,7-9H,5-6H2,1-2H3,(H2,14,15,16,17). The molecule has 0 aromatic carbocycles. The minimum atomic E-state index is -0.493. The SMILES string of the molecule is CNc1ncnc(NC(C)CCc2ccco2)c1[N+](=O)[O-]. The summed E-state index contributed by atoms with van der Waals surface area (Å²) in [6.07, 6.45) is 4.44. The Morgan fingerprint density at radius 2 is 2.19 bits per heavy atom. The fourth-order valence-electron chi connectivity index (χ4n) is 1.96. The molecule has 0 amide bonds. The lowest BCUT2D eigenvalue weighted by molar-refractivity contribution is -0.383. The molecule has 0 bridgehead atoms. The van der Waals surface area contributed by atoms with E-state index in [9.17, 15) is 10.1 Å². The molecule has 0 aliphatic rings. The fraction of sp³-hybridized carbons (Fsp3) is 0.385. The van der Waals surface area contributed by atoms with Gasteiger partial charge in [-0.1, -0.05) is 0 Å². The molecule has 8 nitrogen and oxygen atoms in total. The first-order chi connectivity index (χ1) is 10.1. The van der Waals surface area contributed by atoms with Gasteiger partial charge in [0.15, 0.2) is 0 Å². The van der Waals surface area contributed by atoms with Crippen molar-refractivity contribution in [3.63, 3.8) is 0 Å². The van der Waals surface area contributed by atoms with Crippen LogP contribution in [0.1, 0.15) is 19.1 Å². The molecule has 0 saturated carbocycles. The Balaban J connectivity index is 2.06. The second kappa shape index (κ2) is 6.69. The minimum Gasteiger partial charge on any atom is -0.469 e. The zero-order chi connectivity index (χ0) is 15.2. The molecule has 0 aliphatic heterocycles. The van der Waals surface area contributed by atoms with Crippen molar-refractivity contribution >= 4 is 17.3 Å². The predicted octanol–water partition coefficient (Wildman–Crippen LogP) is 2.45. The van der Waals surface area contributed by atoms with Crippen LogP contribution in [0.5, 0.6) is 0 Å². The maximum atomic E-state index is 11.2. The van der Waals surface area contributed by atoms with E-state index in [0.29, 0.717) is 0 Å². The quantitative estimate of drug-likeness (QED) is 0.596. The number of furan rings is 1. The largest absolute Gasteiger partial charge is 0.469 e.